The summed E-state index contributed by atoms with van der Waals surface area (Å²) in [6, 6.07) is 18.2. The Morgan fingerprint density at radius 1 is 1.00 bits per heavy atom. The highest BCUT2D eigenvalue weighted by Gasteiger charge is 2.34. The number of benzene rings is 2. The SMILES string of the molecule is CN1CCO[C@@](O)(c2ccc(-c3ccccc3)cc2)C1. The number of β-amino-alcohol motifs (C(OH)–C–C–N with tert-alkyl or cyclic N) is 1. The van der Waals surface area contributed by atoms with Crippen molar-refractivity contribution in [1.29, 1.82) is 0 Å². The lowest BCUT2D eigenvalue weighted by molar-refractivity contribution is -0.245. The summed E-state index contributed by atoms with van der Waals surface area (Å²) in [5.41, 5.74) is 3.12. The molecule has 1 heterocycles. The maximum atomic E-state index is 10.6. The molecule has 0 aliphatic carbocycles. The van der Waals surface area contributed by atoms with Crippen LogP contribution in [-0.4, -0.2) is 36.8 Å². The van der Waals surface area contributed by atoms with Crippen LogP contribution in [0.15, 0.2) is 54.6 Å². The van der Waals surface area contributed by atoms with Gasteiger partial charge in [-0.2, -0.15) is 0 Å². The van der Waals surface area contributed by atoms with Crippen LogP contribution in [0.4, 0.5) is 0 Å². The molecule has 1 saturated heterocycles. The molecule has 0 spiro atoms. The van der Waals surface area contributed by atoms with Crippen molar-refractivity contribution in [2.45, 2.75) is 5.79 Å². The Morgan fingerprint density at radius 3 is 2.30 bits per heavy atom. The zero-order chi connectivity index (χ0) is 14.0. The third-order valence-corrected chi connectivity index (χ3v) is 3.74. The molecule has 0 aromatic heterocycles. The Kier molecular flexibility index (Phi) is 3.57. The van der Waals surface area contributed by atoms with Gasteiger partial charge in [-0.3, -0.25) is 4.90 Å². The zero-order valence-electron chi connectivity index (χ0n) is 11.6. The van der Waals surface area contributed by atoms with Crippen molar-refractivity contribution >= 4 is 0 Å². The van der Waals surface area contributed by atoms with Crippen molar-refractivity contribution in [2.75, 3.05) is 26.7 Å². The maximum absolute atomic E-state index is 10.6. The molecule has 1 N–H and O–H groups in total. The lowest BCUT2D eigenvalue weighted by atomic mass is 9.99. The maximum Gasteiger partial charge on any atom is 0.205 e. The standard InChI is InChI=1S/C17H19NO2/c1-18-11-12-20-17(19,13-18)16-9-7-15(8-10-16)14-5-3-2-4-6-14/h2-10,19H,11-13H2,1H3/t17-/m1/s1. The summed E-state index contributed by atoms with van der Waals surface area (Å²) >= 11 is 0. The fraction of sp³-hybridized carbons (Fsp3) is 0.294. The second-order valence-electron chi connectivity index (χ2n) is 5.31. The van der Waals surface area contributed by atoms with Crippen molar-refractivity contribution in [2.24, 2.45) is 0 Å². The van der Waals surface area contributed by atoms with Gasteiger partial charge in [-0.05, 0) is 18.2 Å². The quantitative estimate of drug-likeness (QED) is 0.909. The van der Waals surface area contributed by atoms with E-state index in [0.29, 0.717) is 13.2 Å². The minimum atomic E-state index is -1.19. The summed E-state index contributed by atoms with van der Waals surface area (Å²) in [4.78, 5) is 2.08. The highest BCUT2D eigenvalue weighted by molar-refractivity contribution is 5.63. The summed E-state index contributed by atoms with van der Waals surface area (Å²) < 4.78 is 5.58. The number of likely N-dealkylation sites (N-methyl/N-ethyl adjacent to an activating group) is 1. The van der Waals surface area contributed by atoms with Crippen molar-refractivity contribution in [1.82, 2.24) is 4.90 Å². The Morgan fingerprint density at radius 2 is 1.65 bits per heavy atom. The largest absolute Gasteiger partial charge is 0.361 e. The third-order valence-electron chi connectivity index (χ3n) is 3.74. The average molecular weight is 269 g/mol. The number of hydrogen-bond donors (Lipinski definition) is 1. The minimum Gasteiger partial charge on any atom is -0.361 e. The monoisotopic (exact) mass is 269 g/mol. The second kappa shape index (κ2) is 5.37. The van der Waals surface area contributed by atoms with E-state index < -0.39 is 5.79 Å². The van der Waals surface area contributed by atoms with Gasteiger partial charge in [0.15, 0.2) is 0 Å². The van der Waals surface area contributed by atoms with Gasteiger partial charge in [0.05, 0.1) is 13.2 Å². The highest BCUT2D eigenvalue weighted by Crippen LogP contribution is 2.28. The summed E-state index contributed by atoms with van der Waals surface area (Å²) in [6.45, 7) is 1.90. The van der Waals surface area contributed by atoms with Crippen LogP contribution < -0.4 is 0 Å². The number of ether oxygens (including phenoxy) is 1. The van der Waals surface area contributed by atoms with Crippen LogP contribution in [-0.2, 0) is 10.5 Å². The molecule has 0 saturated carbocycles. The van der Waals surface area contributed by atoms with Crippen LogP contribution in [0.1, 0.15) is 5.56 Å². The normalized spacial score (nSPS) is 23.7. The van der Waals surface area contributed by atoms with E-state index in [0.717, 1.165) is 17.7 Å². The Hall–Kier alpha value is -1.68. The van der Waals surface area contributed by atoms with E-state index in [4.69, 9.17) is 4.74 Å². The van der Waals surface area contributed by atoms with E-state index in [-0.39, 0.29) is 0 Å². The van der Waals surface area contributed by atoms with Gasteiger partial charge in [0.1, 0.15) is 0 Å². The van der Waals surface area contributed by atoms with Gasteiger partial charge in [0, 0.05) is 12.1 Å². The molecule has 1 fully saturated rings. The molecule has 2 aromatic rings. The van der Waals surface area contributed by atoms with E-state index in [9.17, 15) is 5.11 Å². The predicted molar refractivity (Wildman–Crippen MR) is 79.2 cm³/mol. The first-order chi connectivity index (χ1) is 9.67. The summed E-state index contributed by atoms with van der Waals surface area (Å²) in [5, 5.41) is 10.6. The molecular formula is C17H19NO2. The van der Waals surface area contributed by atoms with Crippen molar-refractivity contribution < 1.29 is 9.84 Å². The minimum absolute atomic E-state index is 0.498. The third kappa shape index (κ3) is 2.61. The molecule has 104 valence electrons. The first-order valence-electron chi connectivity index (χ1n) is 6.88. The molecule has 3 heteroatoms. The Labute approximate surface area is 119 Å². The van der Waals surface area contributed by atoms with Crippen molar-refractivity contribution in [3.8, 4) is 11.1 Å². The van der Waals surface area contributed by atoms with Crippen LogP contribution >= 0.6 is 0 Å². The number of aliphatic hydroxyl groups is 1. The van der Waals surface area contributed by atoms with Gasteiger partial charge in [-0.1, -0.05) is 54.6 Å². The number of rotatable bonds is 2. The Balaban J connectivity index is 1.86. The summed E-state index contributed by atoms with van der Waals surface area (Å²) in [5.74, 6) is -1.19. The molecule has 3 rings (SSSR count). The molecule has 2 aromatic carbocycles. The summed E-state index contributed by atoms with van der Waals surface area (Å²) in [7, 11) is 1.99. The molecule has 0 bridgehead atoms. The van der Waals surface area contributed by atoms with Gasteiger partial charge >= 0.3 is 0 Å². The van der Waals surface area contributed by atoms with Gasteiger partial charge in [-0.15, -0.1) is 0 Å². The lowest BCUT2D eigenvalue weighted by Gasteiger charge is -2.37. The number of nitrogens with zero attached hydrogens (tertiary/aromatic N) is 1. The average Bonchev–Trinajstić information content (AvgIpc) is 2.48. The molecule has 1 aliphatic rings. The molecule has 0 unspecified atom stereocenters. The number of hydrogen-bond acceptors (Lipinski definition) is 3. The molecule has 1 atom stereocenters. The van der Waals surface area contributed by atoms with Crippen LogP contribution in [0.2, 0.25) is 0 Å². The fourth-order valence-electron chi connectivity index (χ4n) is 2.59. The van der Waals surface area contributed by atoms with Crippen molar-refractivity contribution in [3.05, 3.63) is 60.2 Å². The second-order valence-corrected chi connectivity index (χ2v) is 5.31. The molecular weight excluding hydrogens is 250 g/mol. The topological polar surface area (TPSA) is 32.7 Å². The molecule has 0 amide bonds. The molecule has 0 radical (unpaired) electrons. The molecule has 1 aliphatic heterocycles. The van der Waals surface area contributed by atoms with E-state index in [1.54, 1.807) is 0 Å². The van der Waals surface area contributed by atoms with Gasteiger partial charge in [-0.25, -0.2) is 0 Å². The van der Waals surface area contributed by atoms with Gasteiger partial charge < -0.3 is 9.84 Å². The fourth-order valence-corrected chi connectivity index (χ4v) is 2.59. The van der Waals surface area contributed by atoms with E-state index >= 15 is 0 Å². The first-order valence-corrected chi connectivity index (χ1v) is 6.88. The van der Waals surface area contributed by atoms with E-state index in [2.05, 4.69) is 17.0 Å². The van der Waals surface area contributed by atoms with Crippen LogP contribution in [0, 0.1) is 0 Å². The van der Waals surface area contributed by atoms with Crippen molar-refractivity contribution in [3.63, 3.8) is 0 Å². The molecule has 3 nitrogen and oxygen atoms in total. The summed E-state index contributed by atoms with van der Waals surface area (Å²) in [6.07, 6.45) is 0. The number of morpholine rings is 1. The van der Waals surface area contributed by atoms with Crippen LogP contribution in [0.3, 0.4) is 0 Å². The van der Waals surface area contributed by atoms with Gasteiger partial charge in [0.25, 0.3) is 0 Å². The van der Waals surface area contributed by atoms with Crippen LogP contribution in [0.5, 0.6) is 0 Å². The Bertz CT molecular complexity index is 567. The smallest absolute Gasteiger partial charge is 0.205 e. The predicted octanol–water partition coefficient (Wildman–Crippen LogP) is 2.46. The van der Waals surface area contributed by atoms with Gasteiger partial charge in [0.2, 0.25) is 5.79 Å². The molecule has 20 heavy (non-hydrogen) atoms. The van der Waals surface area contributed by atoms with Crippen LogP contribution in [0.25, 0.3) is 11.1 Å². The highest BCUT2D eigenvalue weighted by atomic mass is 16.6. The first kappa shape index (κ1) is 13.3. The zero-order valence-corrected chi connectivity index (χ0v) is 11.6. The van der Waals surface area contributed by atoms with E-state index in [1.807, 2.05) is 49.5 Å². The lowest BCUT2D eigenvalue weighted by Crippen LogP contribution is -2.48. The van der Waals surface area contributed by atoms with E-state index in [1.165, 1.54) is 5.56 Å².